The van der Waals surface area contributed by atoms with Gasteiger partial charge in [-0.25, -0.2) is 4.79 Å². The quantitative estimate of drug-likeness (QED) is 0.798. The molecule has 0 aliphatic heterocycles. The van der Waals surface area contributed by atoms with E-state index in [1.54, 1.807) is 6.07 Å². The third kappa shape index (κ3) is 5.58. The summed E-state index contributed by atoms with van der Waals surface area (Å²) in [7, 11) is 1.51. The molecule has 0 atom stereocenters. The molecule has 1 aromatic rings. The van der Waals surface area contributed by atoms with Crippen LogP contribution >= 0.6 is 11.6 Å². The largest absolute Gasteiger partial charge is 0.480 e. The van der Waals surface area contributed by atoms with Gasteiger partial charge in [0.1, 0.15) is 5.75 Å². The molecule has 0 bridgehead atoms. The number of carbonyl (C=O) groups is 2. The van der Waals surface area contributed by atoms with E-state index in [0.29, 0.717) is 12.3 Å². The number of aliphatic carboxylic acids is 1. The van der Waals surface area contributed by atoms with Crippen molar-refractivity contribution in [1.29, 1.82) is 0 Å². The SMILES string of the molecule is COCCC(=O)Nc1ccc(OCC(=O)O)c(Cl)c1. The van der Waals surface area contributed by atoms with Gasteiger partial charge in [-0.2, -0.15) is 0 Å². The fourth-order valence-electron chi connectivity index (χ4n) is 1.25. The lowest BCUT2D eigenvalue weighted by atomic mass is 10.3. The molecule has 1 amide bonds. The lowest BCUT2D eigenvalue weighted by Gasteiger charge is -2.09. The van der Waals surface area contributed by atoms with Crippen LogP contribution in [0.5, 0.6) is 5.75 Å². The Hall–Kier alpha value is -1.79. The van der Waals surface area contributed by atoms with E-state index in [2.05, 4.69) is 5.32 Å². The predicted octanol–water partition coefficient (Wildman–Crippen LogP) is 1.78. The second kappa shape index (κ2) is 7.60. The third-order valence-corrected chi connectivity index (χ3v) is 2.40. The zero-order chi connectivity index (χ0) is 14.3. The Balaban J connectivity index is 2.60. The van der Waals surface area contributed by atoms with Gasteiger partial charge in [0.15, 0.2) is 6.61 Å². The minimum Gasteiger partial charge on any atom is -0.480 e. The molecular formula is C12H14ClNO5. The molecule has 0 radical (unpaired) electrons. The predicted molar refractivity (Wildman–Crippen MR) is 69.7 cm³/mol. The minimum atomic E-state index is -1.09. The van der Waals surface area contributed by atoms with E-state index in [-0.39, 0.29) is 23.1 Å². The summed E-state index contributed by atoms with van der Waals surface area (Å²) in [6, 6.07) is 4.56. The van der Waals surface area contributed by atoms with Crippen LogP contribution in [-0.2, 0) is 14.3 Å². The maximum atomic E-state index is 11.4. The highest BCUT2D eigenvalue weighted by molar-refractivity contribution is 6.32. The number of carboxylic acids is 1. The van der Waals surface area contributed by atoms with Crippen molar-refractivity contribution >= 4 is 29.2 Å². The summed E-state index contributed by atoms with van der Waals surface area (Å²) < 4.78 is 9.74. The van der Waals surface area contributed by atoms with Crippen LogP contribution in [0.3, 0.4) is 0 Å². The molecule has 104 valence electrons. The molecule has 2 N–H and O–H groups in total. The molecule has 0 saturated heterocycles. The Labute approximate surface area is 115 Å². The van der Waals surface area contributed by atoms with Crippen LogP contribution in [-0.4, -0.2) is 37.3 Å². The minimum absolute atomic E-state index is 0.197. The first-order valence-electron chi connectivity index (χ1n) is 5.46. The van der Waals surface area contributed by atoms with Crippen LogP contribution in [0.4, 0.5) is 5.69 Å². The topological polar surface area (TPSA) is 84.9 Å². The fourth-order valence-corrected chi connectivity index (χ4v) is 1.49. The van der Waals surface area contributed by atoms with Crippen LogP contribution in [0.2, 0.25) is 5.02 Å². The van der Waals surface area contributed by atoms with Gasteiger partial charge in [0.05, 0.1) is 18.1 Å². The van der Waals surface area contributed by atoms with Crippen LogP contribution in [0, 0.1) is 0 Å². The average molecular weight is 288 g/mol. The number of ether oxygens (including phenoxy) is 2. The van der Waals surface area contributed by atoms with Crippen molar-refractivity contribution in [3.05, 3.63) is 23.2 Å². The fraction of sp³-hybridized carbons (Fsp3) is 0.333. The second-order valence-corrected chi connectivity index (χ2v) is 4.03. The smallest absolute Gasteiger partial charge is 0.341 e. The number of amides is 1. The lowest BCUT2D eigenvalue weighted by molar-refractivity contribution is -0.139. The summed E-state index contributed by atoms with van der Waals surface area (Å²) in [5, 5.41) is 11.3. The average Bonchev–Trinajstić information content (AvgIpc) is 2.35. The summed E-state index contributed by atoms with van der Waals surface area (Å²) in [5.74, 6) is -1.04. The highest BCUT2D eigenvalue weighted by atomic mass is 35.5. The Morgan fingerprint density at radius 1 is 1.42 bits per heavy atom. The highest BCUT2D eigenvalue weighted by Crippen LogP contribution is 2.27. The monoisotopic (exact) mass is 287 g/mol. The number of carboxylic acid groups (broad SMARTS) is 1. The summed E-state index contributed by atoms with van der Waals surface area (Å²) in [4.78, 5) is 21.8. The van der Waals surface area contributed by atoms with Gasteiger partial charge in [-0.15, -0.1) is 0 Å². The van der Waals surface area contributed by atoms with Gasteiger partial charge in [0.2, 0.25) is 5.91 Å². The molecule has 0 saturated carbocycles. The second-order valence-electron chi connectivity index (χ2n) is 3.62. The molecule has 6 nitrogen and oxygen atoms in total. The van der Waals surface area contributed by atoms with E-state index in [4.69, 9.17) is 26.2 Å². The van der Waals surface area contributed by atoms with E-state index in [1.807, 2.05) is 0 Å². The molecule has 0 unspecified atom stereocenters. The van der Waals surface area contributed by atoms with Gasteiger partial charge in [-0.3, -0.25) is 4.79 Å². The molecule has 0 aromatic heterocycles. The van der Waals surface area contributed by atoms with Crippen LogP contribution in [0.25, 0.3) is 0 Å². The molecule has 1 rings (SSSR count). The van der Waals surface area contributed by atoms with Gasteiger partial charge in [-0.1, -0.05) is 11.6 Å². The molecule has 0 fully saturated rings. The van der Waals surface area contributed by atoms with Crippen molar-refractivity contribution in [3.63, 3.8) is 0 Å². The maximum Gasteiger partial charge on any atom is 0.341 e. The lowest BCUT2D eigenvalue weighted by Crippen LogP contribution is -2.13. The molecule has 0 spiro atoms. The van der Waals surface area contributed by atoms with Crippen LogP contribution in [0.1, 0.15) is 6.42 Å². The molecule has 7 heteroatoms. The first kappa shape index (κ1) is 15.3. The Morgan fingerprint density at radius 3 is 2.74 bits per heavy atom. The first-order valence-corrected chi connectivity index (χ1v) is 5.83. The first-order chi connectivity index (χ1) is 9.02. The van der Waals surface area contributed by atoms with Crippen molar-refractivity contribution in [3.8, 4) is 5.75 Å². The molecule has 0 aliphatic carbocycles. The van der Waals surface area contributed by atoms with Crippen molar-refractivity contribution in [2.24, 2.45) is 0 Å². The normalized spacial score (nSPS) is 10.0. The standard InChI is InChI=1S/C12H14ClNO5/c1-18-5-4-11(15)14-8-2-3-10(9(13)6-8)19-7-12(16)17/h2-3,6H,4-5,7H2,1H3,(H,14,15)(H,16,17). The van der Waals surface area contributed by atoms with E-state index in [9.17, 15) is 9.59 Å². The van der Waals surface area contributed by atoms with E-state index < -0.39 is 12.6 Å². The van der Waals surface area contributed by atoms with Gasteiger partial charge in [0, 0.05) is 12.8 Å². The molecule has 1 aromatic carbocycles. The Morgan fingerprint density at radius 2 is 2.16 bits per heavy atom. The number of nitrogens with one attached hydrogen (secondary N) is 1. The van der Waals surface area contributed by atoms with Crippen LogP contribution in [0.15, 0.2) is 18.2 Å². The van der Waals surface area contributed by atoms with Crippen molar-refractivity contribution < 1.29 is 24.2 Å². The van der Waals surface area contributed by atoms with Crippen LogP contribution < -0.4 is 10.1 Å². The van der Waals surface area contributed by atoms with Gasteiger partial charge in [0.25, 0.3) is 0 Å². The third-order valence-electron chi connectivity index (χ3n) is 2.10. The van der Waals surface area contributed by atoms with E-state index in [0.717, 1.165) is 0 Å². The van der Waals surface area contributed by atoms with Crippen molar-refractivity contribution in [2.45, 2.75) is 6.42 Å². The zero-order valence-corrected chi connectivity index (χ0v) is 11.1. The number of rotatable bonds is 7. The molecule has 19 heavy (non-hydrogen) atoms. The summed E-state index contributed by atoms with van der Waals surface area (Å²) in [6.07, 6.45) is 0.241. The number of anilines is 1. The number of methoxy groups -OCH3 is 1. The van der Waals surface area contributed by atoms with Crippen molar-refractivity contribution in [1.82, 2.24) is 0 Å². The Kier molecular flexibility index (Phi) is 6.11. The molecule has 0 heterocycles. The number of carbonyl (C=O) groups excluding carboxylic acids is 1. The molecule has 0 aliphatic rings. The van der Waals surface area contributed by atoms with E-state index in [1.165, 1.54) is 19.2 Å². The van der Waals surface area contributed by atoms with Gasteiger partial charge in [-0.05, 0) is 18.2 Å². The molecular weight excluding hydrogens is 274 g/mol. The maximum absolute atomic E-state index is 11.4. The van der Waals surface area contributed by atoms with Gasteiger partial charge >= 0.3 is 5.97 Å². The summed E-state index contributed by atoms with van der Waals surface area (Å²) in [6.45, 7) is -0.140. The number of hydrogen-bond acceptors (Lipinski definition) is 4. The number of halogens is 1. The zero-order valence-electron chi connectivity index (χ0n) is 10.3. The summed E-state index contributed by atoms with van der Waals surface area (Å²) >= 11 is 5.91. The highest BCUT2D eigenvalue weighted by Gasteiger charge is 2.07. The van der Waals surface area contributed by atoms with Gasteiger partial charge < -0.3 is 19.9 Å². The summed E-state index contributed by atoms with van der Waals surface area (Å²) in [5.41, 5.74) is 0.508. The number of benzene rings is 1. The van der Waals surface area contributed by atoms with Crippen molar-refractivity contribution in [2.75, 3.05) is 25.6 Å². The Bertz CT molecular complexity index is 463. The van der Waals surface area contributed by atoms with E-state index >= 15 is 0 Å². The number of hydrogen-bond donors (Lipinski definition) is 2.